The molecule has 0 atom stereocenters. The molecule has 0 saturated heterocycles. The monoisotopic (exact) mass is 381 g/mol. The average molecular weight is 382 g/mol. The third kappa shape index (κ3) is 4.46. The fourth-order valence-corrected chi connectivity index (χ4v) is 4.16. The summed E-state index contributed by atoms with van der Waals surface area (Å²) in [5.41, 5.74) is 4.19. The third-order valence-corrected chi connectivity index (χ3v) is 5.49. The summed E-state index contributed by atoms with van der Waals surface area (Å²) in [4.78, 5) is 24.9. The molecular formula is C23H31N3O2. The summed E-state index contributed by atoms with van der Waals surface area (Å²) >= 11 is 0. The Labute approximate surface area is 167 Å². The van der Waals surface area contributed by atoms with E-state index in [1.807, 2.05) is 26.8 Å². The minimum Gasteiger partial charge on any atom is -0.350 e. The maximum atomic E-state index is 12.8. The van der Waals surface area contributed by atoms with E-state index in [1.54, 1.807) is 24.3 Å². The van der Waals surface area contributed by atoms with Gasteiger partial charge in [0, 0.05) is 34.7 Å². The van der Waals surface area contributed by atoms with Crippen molar-refractivity contribution in [2.75, 3.05) is 5.32 Å². The molecule has 0 spiro atoms. The maximum Gasteiger partial charge on any atom is 0.257 e. The Balaban J connectivity index is 1.72. The minimum absolute atomic E-state index is 0.0892. The number of carbonyl (C=O) groups excluding carboxylic acids is 2. The number of hydrogen-bond donors (Lipinski definition) is 2. The summed E-state index contributed by atoms with van der Waals surface area (Å²) in [5.74, 6) is -0.210. The number of aryl methyl sites for hydroxylation is 1. The predicted molar refractivity (Wildman–Crippen MR) is 113 cm³/mol. The standard InChI is InChI=1S/C23H31N3O2/c1-15(2)24-22(27)18-10-12-19(13-11-18)25-23(28)21-14-16(3)26(17(21)4)20-8-6-5-7-9-20/h10-15,20H,5-9H2,1-4H3,(H,24,27)(H,25,28). The van der Waals surface area contributed by atoms with Crippen molar-refractivity contribution in [1.29, 1.82) is 0 Å². The Bertz CT molecular complexity index is 843. The first-order chi connectivity index (χ1) is 13.4. The van der Waals surface area contributed by atoms with Gasteiger partial charge in [-0.25, -0.2) is 0 Å². The molecule has 3 rings (SSSR count). The van der Waals surface area contributed by atoms with E-state index in [0.717, 1.165) is 17.0 Å². The van der Waals surface area contributed by atoms with Crippen molar-refractivity contribution in [2.24, 2.45) is 0 Å². The lowest BCUT2D eigenvalue weighted by Crippen LogP contribution is -2.30. The highest BCUT2D eigenvalue weighted by Crippen LogP contribution is 2.32. The maximum absolute atomic E-state index is 12.8. The van der Waals surface area contributed by atoms with Gasteiger partial charge in [0.05, 0.1) is 5.56 Å². The smallest absolute Gasteiger partial charge is 0.257 e. The van der Waals surface area contributed by atoms with Crippen LogP contribution in [0, 0.1) is 13.8 Å². The largest absolute Gasteiger partial charge is 0.350 e. The fourth-order valence-electron chi connectivity index (χ4n) is 4.16. The predicted octanol–water partition coefficient (Wildman–Crippen LogP) is 5.00. The van der Waals surface area contributed by atoms with Crippen LogP contribution in [-0.2, 0) is 0 Å². The summed E-state index contributed by atoms with van der Waals surface area (Å²) in [7, 11) is 0. The summed E-state index contributed by atoms with van der Waals surface area (Å²) in [5, 5.41) is 5.83. The van der Waals surface area contributed by atoms with E-state index in [4.69, 9.17) is 0 Å². The van der Waals surface area contributed by atoms with Crippen LogP contribution < -0.4 is 10.6 Å². The van der Waals surface area contributed by atoms with Crippen molar-refractivity contribution in [3.05, 3.63) is 52.8 Å². The SMILES string of the molecule is Cc1cc(C(=O)Nc2ccc(C(=O)NC(C)C)cc2)c(C)n1C1CCCCC1. The molecule has 1 aliphatic carbocycles. The summed E-state index contributed by atoms with van der Waals surface area (Å²) in [6.45, 7) is 7.98. The number of amides is 2. The highest BCUT2D eigenvalue weighted by Gasteiger charge is 2.22. The molecule has 28 heavy (non-hydrogen) atoms. The van der Waals surface area contributed by atoms with Gasteiger partial charge in [-0.3, -0.25) is 9.59 Å². The Kier molecular flexibility index (Phi) is 6.22. The lowest BCUT2D eigenvalue weighted by molar-refractivity contribution is 0.0942. The van der Waals surface area contributed by atoms with Crippen LogP contribution in [-0.4, -0.2) is 22.4 Å². The zero-order valence-electron chi connectivity index (χ0n) is 17.3. The Hall–Kier alpha value is -2.56. The van der Waals surface area contributed by atoms with Crippen LogP contribution in [0.1, 0.15) is 84.1 Å². The van der Waals surface area contributed by atoms with Crippen LogP contribution in [0.5, 0.6) is 0 Å². The first-order valence-electron chi connectivity index (χ1n) is 10.3. The van der Waals surface area contributed by atoms with Gasteiger partial charge in [0.2, 0.25) is 0 Å². The number of nitrogens with zero attached hydrogens (tertiary/aromatic N) is 1. The molecule has 1 aromatic carbocycles. The fraction of sp³-hybridized carbons (Fsp3) is 0.478. The Morgan fingerprint density at radius 1 is 1.00 bits per heavy atom. The van der Waals surface area contributed by atoms with Gasteiger partial charge < -0.3 is 15.2 Å². The van der Waals surface area contributed by atoms with Crippen LogP contribution in [0.3, 0.4) is 0 Å². The molecule has 2 N–H and O–H groups in total. The molecular weight excluding hydrogens is 350 g/mol. The number of benzene rings is 1. The van der Waals surface area contributed by atoms with E-state index < -0.39 is 0 Å². The van der Waals surface area contributed by atoms with Crippen molar-refractivity contribution < 1.29 is 9.59 Å². The van der Waals surface area contributed by atoms with Crippen molar-refractivity contribution in [3.63, 3.8) is 0 Å². The van der Waals surface area contributed by atoms with Gasteiger partial charge in [-0.2, -0.15) is 0 Å². The molecule has 2 aromatic rings. The van der Waals surface area contributed by atoms with E-state index in [0.29, 0.717) is 17.3 Å². The molecule has 5 heteroatoms. The molecule has 1 heterocycles. The molecule has 0 radical (unpaired) electrons. The van der Waals surface area contributed by atoms with Crippen LogP contribution >= 0.6 is 0 Å². The summed E-state index contributed by atoms with van der Waals surface area (Å²) in [6.07, 6.45) is 6.23. The molecule has 5 nitrogen and oxygen atoms in total. The van der Waals surface area contributed by atoms with Gasteiger partial charge >= 0.3 is 0 Å². The Morgan fingerprint density at radius 3 is 2.25 bits per heavy atom. The lowest BCUT2D eigenvalue weighted by atomic mass is 9.95. The summed E-state index contributed by atoms with van der Waals surface area (Å²) < 4.78 is 2.34. The number of rotatable bonds is 5. The molecule has 2 amide bonds. The van der Waals surface area contributed by atoms with E-state index in [1.165, 1.54) is 32.1 Å². The van der Waals surface area contributed by atoms with E-state index in [-0.39, 0.29) is 17.9 Å². The number of anilines is 1. The molecule has 1 fully saturated rings. The van der Waals surface area contributed by atoms with Crippen LogP contribution in [0.15, 0.2) is 30.3 Å². The lowest BCUT2D eigenvalue weighted by Gasteiger charge is -2.26. The third-order valence-electron chi connectivity index (χ3n) is 5.49. The van der Waals surface area contributed by atoms with Crippen LogP contribution in [0.2, 0.25) is 0 Å². The minimum atomic E-state index is -0.107. The molecule has 0 unspecified atom stereocenters. The van der Waals surface area contributed by atoms with E-state index in [9.17, 15) is 9.59 Å². The second kappa shape index (κ2) is 8.63. The van der Waals surface area contributed by atoms with E-state index in [2.05, 4.69) is 22.1 Å². The molecule has 1 aliphatic rings. The van der Waals surface area contributed by atoms with Crippen molar-refractivity contribution in [1.82, 2.24) is 9.88 Å². The molecule has 0 bridgehead atoms. The summed E-state index contributed by atoms with van der Waals surface area (Å²) in [6, 6.07) is 9.60. The number of hydrogen-bond acceptors (Lipinski definition) is 2. The normalized spacial score (nSPS) is 14.9. The molecule has 1 aromatic heterocycles. The zero-order chi connectivity index (χ0) is 20.3. The van der Waals surface area contributed by atoms with Gasteiger partial charge in [0.15, 0.2) is 0 Å². The quantitative estimate of drug-likeness (QED) is 0.765. The van der Waals surface area contributed by atoms with Crippen molar-refractivity contribution >= 4 is 17.5 Å². The average Bonchev–Trinajstić information content (AvgIpc) is 2.97. The van der Waals surface area contributed by atoms with E-state index >= 15 is 0 Å². The second-order valence-corrected chi connectivity index (χ2v) is 8.11. The number of aromatic nitrogens is 1. The first kappa shape index (κ1) is 20.2. The van der Waals surface area contributed by atoms with Gasteiger partial charge in [0.25, 0.3) is 11.8 Å². The molecule has 1 saturated carbocycles. The van der Waals surface area contributed by atoms with Crippen molar-refractivity contribution in [2.45, 2.75) is 71.9 Å². The molecule has 0 aliphatic heterocycles. The van der Waals surface area contributed by atoms with Crippen molar-refractivity contribution in [3.8, 4) is 0 Å². The first-order valence-corrected chi connectivity index (χ1v) is 10.3. The topological polar surface area (TPSA) is 63.1 Å². The number of carbonyl (C=O) groups is 2. The van der Waals surface area contributed by atoms with Gasteiger partial charge in [0.1, 0.15) is 0 Å². The van der Waals surface area contributed by atoms with Crippen LogP contribution in [0.4, 0.5) is 5.69 Å². The zero-order valence-corrected chi connectivity index (χ0v) is 17.3. The van der Waals surface area contributed by atoms with Crippen LogP contribution in [0.25, 0.3) is 0 Å². The van der Waals surface area contributed by atoms with Gasteiger partial charge in [-0.15, -0.1) is 0 Å². The molecule has 150 valence electrons. The van der Waals surface area contributed by atoms with Gasteiger partial charge in [-0.1, -0.05) is 19.3 Å². The Morgan fingerprint density at radius 2 is 1.64 bits per heavy atom. The number of nitrogens with one attached hydrogen (secondary N) is 2. The highest BCUT2D eigenvalue weighted by atomic mass is 16.2. The second-order valence-electron chi connectivity index (χ2n) is 8.11. The highest BCUT2D eigenvalue weighted by molar-refractivity contribution is 6.05. The van der Waals surface area contributed by atoms with Gasteiger partial charge in [-0.05, 0) is 70.9 Å².